The lowest BCUT2D eigenvalue weighted by Crippen LogP contribution is -2.48. The van der Waals surface area contributed by atoms with Gasteiger partial charge in [-0.1, -0.05) is 12.1 Å². The largest absolute Gasteiger partial charge is 0.496 e. The van der Waals surface area contributed by atoms with Gasteiger partial charge in [0.05, 0.1) is 35.6 Å². The lowest BCUT2D eigenvalue weighted by atomic mass is 10.1. The van der Waals surface area contributed by atoms with Gasteiger partial charge in [0.1, 0.15) is 22.9 Å². The number of carbonyl (C=O) groups is 2. The number of aryl methyl sites for hydroxylation is 1. The zero-order chi connectivity index (χ0) is 36.3. The lowest BCUT2D eigenvalue weighted by Gasteiger charge is -2.34. The molecular weight excluding hydrogens is 677 g/mol. The number of benzene rings is 3. The summed E-state index contributed by atoms with van der Waals surface area (Å²) in [4.78, 5) is 34.5. The van der Waals surface area contributed by atoms with E-state index in [9.17, 15) is 31.5 Å². The molecule has 0 atom stereocenters. The number of carbonyl (C=O) groups excluding carboxylic acids is 2. The van der Waals surface area contributed by atoms with E-state index in [0.717, 1.165) is 34.7 Å². The van der Waals surface area contributed by atoms with Gasteiger partial charge in [-0.15, -0.1) is 0 Å². The number of amides is 2. The molecule has 6 rings (SSSR count). The van der Waals surface area contributed by atoms with Gasteiger partial charge in [-0.05, 0) is 60.2 Å². The molecule has 10 nitrogen and oxygen atoms in total. The highest BCUT2D eigenvalue weighted by atomic mass is 19.4. The molecule has 3 heterocycles. The summed E-state index contributed by atoms with van der Waals surface area (Å²) in [5.74, 6) is -0.203. The molecule has 0 radical (unpaired) electrons. The first-order chi connectivity index (χ1) is 24.4. The fourth-order valence-corrected chi connectivity index (χ4v) is 5.77. The Balaban J connectivity index is 1.05. The van der Waals surface area contributed by atoms with Crippen molar-refractivity contribution >= 4 is 28.4 Å². The van der Waals surface area contributed by atoms with Crippen LogP contribution in [0.1, 0.15) is 32.0 Å². The molecule has 2 aromatic heterocycles. The van der Waals surface area contributed by atoms with E-state index in [1.165, 1.54) is 37.6 Å². The van der Waals surface area contributed by atoms with E-state index in [-0.39, 0.29) is 34.5 Å². The molecule has 0 unspecified atom stereocenters. The highest BCUT2D eigenvalue weighted by molar-refractivity contribution is 6.06. The van der Waals surface area contributed by atoms with Crippen LogP contribution in [0.2, 0.25) is 0 Å². The van der Waals surface area contributed by atoms with Crippen molar-refractivity contribution in [3.63, 3.8) is 0 Å². The number of aromatic nitrogens is 2. The van der Waals surface area contributed by atoms with E-state index in [1.54, 1.807) is 36.2 Å². The number of fused-ring (bicyclic) bond motifs is 1. The van der Waals surface area contributed by atoms with Gasteiger partial charge in [-0.25, -0.2) is 4.98 Å². The number of nitrogens with zero attached hydrogens (tertiary/aromatic N) is 4. The minimum atomic E-state index is -4.58. The molecular formula is C36H32F5N5O5. The highest BCUT2D eigenvalue weighted by Gasteiger charge is 2.32. The van der Waals surface area contributed by atoms with Gasteiger partial charge in [-0.2, -0.15) is 22.0 Å². The number of ether oxygens (including phenoxy) is 3. The minimum Gasteiger partial charge on any atom is -0.496 e. The van der Waals surface area contributed by atoms with Crippen molar-refractivity contribution in [2.24, 2.45) is 7.05 Å². The molecule has 15 heteroatoms. The molecule has 1 aliphatic heterocycles. The predicted molar refractivity (Wildman–Crippen MR) is 177 cm³/mol. The smallest absolute Gasteiger partial charge is 0.416 e. The van der Waals surface area contributed by atoms with Crippen LogP contribution in [0.3, 0.4) is 0 Å². The number of pyridine rings is 1. The maximum atomic E-state index is 13.5. The summed E-state index contributed by atoms with van der Waals surface area (Å²) < 4.78 is 81.2. The number of hydrogen-bond acceptors (Lipinski definition) is 7. The Bertz CT molecular complexity index is 2030. The van der Waals surface area contributed by atoms with Crippen molar-refractivity contribution in [3.8, 4) is 23.1 Å². The normalized spacial score (nSPS) is 13.8. The summed E-state index contributed by atoms with van der Waals surface area (Å²) in [6, 6.07) is 19.4. The Morgan fingerprint density at radius 2 is 1.63 bits per heavy atom. The van der Waals surface area contributed by atoms with E-state index in [4.69, 9.17) is 9.47 Å². The highest BCUT2D eigenvalue weighted by Crippen LogP contribution is 2.34. The first kappa shape index (κ1) is 35.1. The lowest BCUT2D eigenvalue weighted by molar-refractivity contribution is -0.137. The van der Waals surface area contributed by atoms with Crippen LogP contribution in [0.5, 0.6) is 23.1 Å². The van der Waals surface area contributed by atoms with Crippen molar-refractivity contribution < 1.29 is 45.8 Å². The van der Waals surface area contributed by atoms with Crippen molar-refractivity contribution in [3.05, 3.63) is 107 Å². The molecule has 1 fully saturated rings. The van der Waals surface area contributed by atoms with E-state index < -0.39 is 24.3 Å². The van der Waals surface area contributed by atoms with Crippen LogP contribution < -0.4 is 19.5 Å². The van der Waals surface area contributed by atoms with Crippen molar-refractivity contribution in [2.75, 3.05) is 38.6 Å². The molecule has 51 heavy (non-hydrogen) atoms. The predicted octanol–water partition coefficient (Wildman–Crippen LogP) is 7.20. The Kier molecular flexibility index (Phi) is 10.1. The fraction of sp³-hybridized carbons (Fsp3) is 0.250. The van der Waals surface area contributed by atoms with Crippen LogP contribution >= 0.6 is 0 Å². The average Bonchev–Trinajstić information content (AvgIpc) is 3.44. The number of nitrogens with one attached hydrogen (secondary N) is 1. The summed E-state index contributed by atoms with van der Waals surface area (Å²) in [7, 11) is 2.98. The van der Waals surface area contributed by atoms with Crippen LogP contribution in [0.4, 0.5) is 27.6 Å². The fourth-order valence-electron chi connectivity index (χ4n) is 5.77. The van der Waals surface area contributed by atoms with E-state index in [1.807, 2.05) is 16.7 Å². The van der Waals surface area contributed by atoms with Gasteiger partial charge in [0, 0.05) is 57.3 Å². The summed E-state index contributed by atoms with van der Waals surface area (Å²) >= 11 is 0. The topological polar surface area (TPSA) is 98.2 Å². The molecule has 5 aromatic rings. The summed E-state index contributed by atoms with van der Waals surface area (Å²) in [5.41, 5.74) is 1.52. The Hall–Kier alpha value is -5.70. The van der Waals surface area contributed by atoms with Gasteiger partial charge in [-0.3, -0.25) is 14.5 Å². The number of hydrogen-bond donors (Lipinski definition) is 1. The number of rotatable bonds is 10. The molecule has 1 saturated heterocycles. The monoisotopic (exact) mass is 709 g/mol. The Morgan fingerprint density at radius 1 is 0.902 bits per heavy atom. The molecule has 1 aliphatic rings. The van der Waals surface area contributed by atoms with Crippen LogP contribution in [0.25, 0.3) is 10.9 Å². The maximum Gasteiger partial charge on any atom is 0.416 e. The number of piperazine rings is 1. The Labute approximate surface area is 288 Å². The summed E-state index contributed by atoms with van der Waals surface area (Å²) in [5, 5.41) is 3.43. The van der Waals surface area contributed by atoms with Crippen LogP contribution in [-0.4, -0.2) is 71.1 Å². The first-order valence-corrected chi connectivity index (χ1v) is 15.7. The SMILES string of the molecule is COc1cc(C(F)(F)F)ccc1C(=O)Nc1ccc(Oc2ccc3cc(C(=O)N4CCN(Cc5ccc(OC(F)F)cc5)CC4)n(C)c3c2)nc1. The summed E-state index contributed by atoms with van der Waals surface area (Å²) in [6.07, 6.45) is -3.23. The zero-order valence-electron chi connectivity index (χ0n) is 27.4. The molecule has 1 N–H and O–H groups in total. The van der Waals surface area contributed by atoms with Crippen molar-refractivity contribution in [1.29, 1.82) is 0 Å². The van der Waals surface area contributed by atoms with Crippen LogP contribution in [-0.2, 0) is 19.8 Å². The van der Waals surface area contributed by atoms with Crippen molar-refractivity contribution in [2.45, 2.75) is 19.3 Å². The van der Waals surface area contributed by atoms with Gasteiger partial charge in [0.25, 0.3) is 11.8 Å². The third-order valence-electron chi connectivity index (χ3n) is 8.44. The number of methoxy groups -OCH3 is 1. The van der Waals surface area contributed by atoms with Gasteiger partial charge in [0.2, 0.25) is 5.88 Å². The average molecular weight is 710 g/mol. The van der Waals surface area contributed by atoms with Gasteiger partial charge in [0.15, 0.2) is 0 Å². The first-order valence-electron chi connectivity index (χ1n) is 15.7. The molecule has 0 aliphatic carbocycles. The standard InChI is InChI=1S/C36H32F5N5O5/c1-44-29-19-27(50-32-12-7-25(20-42-32)43-33(47)28-11-6-24(36(39,40)41)18-31(28)49-2)10-5-23(29)17-30(44)34(48)46-15-13-45(14-16-46)21-22-3-8-26(9-4-22)51-35(37)38/h3-12,17-20,35H,13-16,21H2,1-2H3,(H,43,47). The molecule has 0 bridgehead atoms. The second-order valence-corrected chi connectivity index (χ2v) is 11.8. The Morgan fingerprint density at radius 3 is 2.27 bits per heavy atom. The molecule has 3 aromatic carbocycles. The number of anilines is 1. The maximum absolute atomic E-state index is 13.5. The second-order valence-electron chi connectivity index (χ2n) is 11.8. The number of halogens is 5. The van der Waals surface area contributed by atoms with Gasteiger partial charge >= 0.3 is 12.8 Å². The molecule has 0 spiro atoms. The van der Waals surface area contributed by atoms with Gasteiger partial charge < -0.3 is 29.0 Å². The summed E-state index contributed by atoms with van der Waals surface area (Å²) in [6.45, 7) is 0.120. The van der Waals surface area contributed by atoms with Crippen LogP contribution in [0, 0.1) is 0 Å². The number of alkyl halides is 5. The quantitative estimate of drug-likeness (QED) is 0.153. The molecule has 2 amide bonds. The van der Waals surface area contributed by atoms with E-state index in [2.05, 4.69) is 19.9 Å². The minimum absolute atomic E-state index is 0.0764. The third kappa shape index (κ3) is 8.20. The van der Waals surface area contributed by atoms with Crippen molar-refractivity contribution in [1.82, 2.24) is 19.4 Å². The van der Waals surface area contributed by atoms with Crippen LogP contribution in [0.15, 0.2) is 85.1 Å². The molecule has 266 valence electrons. The van der Waals surface area contributed by atoms with E-state index >= 15 is 0 Å². The van der Waals surface area contributed by atoms with E-state index in [0.29, 0.717) is 44.2 Å². The zero-order valence-corrected chi connectivity index (χ0v) is 27.4. The third-order valence-corrected chi connectivity index (χ3v) is 8.44. The second kappa shape index (κ2) is 14.6. The molecule has 0 saturated carbocycles.